The molecule has 0 saturated carbocycles. The van der Waals surface area contributed by atoms with Crippen LogP contribution in [-0.4, -0.2) is 92.7 Å². The summed E-state index contributed by atoms with van der Waals surface area (Å²) >= 11 is 0. The van der Waals surface area contributed by atoms with Gasteiger partial charge in [-0.1, -0.05) is 0 Å². The first-order valence-electron chi connectivity index (χ1n) is 5.92. The fourth-order valence-corrected chi connectivity index (χ4v) is 1.69. The number of hydrogen-bond acceptors (Lipinski definition) is 11. The van der Waals surface area contributed by atoms with E-state index < -0.39 is 62.0 Å². The van der Waals surface area contributed by atoms with Crippen LogP contribution in [0.3, 0.4) is 0 Å². The van der Waals surface area contributed by atoms with Crippen LogP contribution in [0.4, 0.5) is 0 Å². The Morgan fingerprint density at radius 1 is 1.09 bits per heavy atom. The molecule has 6 atom stereocenters. The van der Waals surface area contributed by atoms with Gasteiger partial charge >= 0.3 is 11.9 Å². The number of ether oxygens (including phenoxy) is 2. The van der Waals surface area contributed by atoms with Crippen LogP contribution >= 0.6 is 0 Å². The Bertz CT molecular complexity index is 382. The monoisotopic (exact) mass is 345 g/mol. The molecule has 1 saturated heterocycles. The van der Waals surface area contributed by atoms with E-state index in [1.807, 2.05) is 5.32 Å². The summed E-state index contributed by atoms with van der Waals surface area (Å²) in [5, 5.41) is 57.0. The van der Waals surface area contributed by atoms with Gasteiger partial charge in [0.2, 0.25) is 6.23 Å². The lowest BCUT2D eigenvalue weighted by molar-refractivity contribution is -0.312. The zero-order valence-corrected chi connectivity index (χ0v) is 12.1. The Balaban J connectivity index is 0. The highest BCUT2D eigenvalue weighted by atomic mass is 16.7. The van der Waals surface area contributed by atoms with Gasteiger partial charge in [0.05, 0.1) is 13.2 Å². The zero-order valence-electron chi connectivity index (χ0n) is 12.1. The van der Waals surface area contributed by atoms with E-state index in [0.29, 0.717) is 0 Å². The molecule has 13 N–H and O–H groups in total. The third-order valence-corrected chi connectivity index (χ3v) is 2.78. The van der Waals surface area contributed by atoms with Crippen LogP contribution < -0.4 is 17.6 Å². The lowest BCUT2D eigenvalue weighted by atomic mass is 9.99. The highest BCUT2D eigenvalue weighted by Gasteiger charge is 2.45. The van der Waals surface area contributed by atoms with Crippen molar-refractivity contribution in [2.24, 2.45) is 0 Å². The maximum absolute atomic E-state index is 10.9. The van der Waals surface area contributed by atoms with Crippen molar-refractivity contribution in [1.82, 2.24) is 17.6 Å². The maximum atomic E-state index is 10.9. The van der Waals surface area contributed by atoms with Crippen LogP contribution in [0.25, 0.3) is 0 Å². The summed E-state index contributed by atoms with van der Waals surface area (Å²) in [6.07, 6.45) is -9.89. The highest BCUT2D eigenvalue weighted by Crippen LogP contribution is 2.22. The Kier molecular flexibility index (Phi) is 10.8. The van der Waals surface area contributed by atoms with Crippen molar-refractivity contribution < 1.29 is 49.7 Å². The molecule has 1 fully saturated rings. The van der Waals surface area contributed by atoms with Gasteiger partial charge in [-0.05, 0) is 0 Å². The second-order valence-electron chi connectivity index (χ2n) is 4.33. The van der Waals surface area contributed by atoms with Crippen LogP contribution in [0.15, 0.2) is 0 Å². The topological polar surface area (TPSA) is 256 Å². The van der Waals surface area contributed by atoms with E-state index in [2.05, 4.69) is 0 Å². The molecule has 0 aromatic heterocycles. The molecule has 0 spiro atoms. The lowest BCUT2D eigenvalue weighted by Crippen LogP contribution is -2.61. The van der Waals surface area contributed by atoms with Gasteiger partial charge in [-0.3, -0.25) is 10.1 Å². The van der Waals surface area contributed by atoms with Gasteiger partial charge in [0.15, 0.2) is 6.29 Å². The predicted octanol–water partition coefficient (Wildman–Crippen LogP) is -3.79. The van der Waals surface area contributed by atoms with Gasteiger partial charge in [-0.15, -0.1) is 0 Å². The van der Waals surface area contributed by atoms with Crippen molar-refractivity contribution in [1.29, 1.82) is 0 Å². The standard InChI is InChI=1S/C10H17NO10.2H3N/c12-2-3-5(15)6(16)7(17)10(20-3)21-8(9(18)19)11-1-4(13)14;;/h3,5-8,10-12,15-17H,1-2H2,(H,13,14)(H,18,19);2*1H3/t3-,5+,6+,7-,8?,10-;;/m1../s1. The Labute approximate surface area is 130 Å². The van der Waals surface area contributed by atoms with Crippen molar-refractivity contribution in [2.45, 2.75) is 36.9 Å². The molecule has 1 rings (SSSR count). The molecule has 13 nitrogen and oxygen atoms in total. The van der Waals surface area contributed by atoms with Crippen LogP contribution in [0.2, 0.25) is 0 Å². The molecule has 0 aromatic rings. The number of carbonyl (C=O) groups is 2. The molecule has 1 aliphatic heterocycles. The first-order chi connectivity index (χ1) is 9.77. The number of rotatable bonds is 7. The van der Waals surface area contributed by atoms with Crippen molar-refractivity contribution in [2.75, 3.05) is 13.2 Å². The van der Waals surface area contributed by atoms with Gasteiger partial charge < -0.3 is 52.4 Å². The Morgan fingerprint density at radius 2 is 1.65 bits per heavy atom. The number of aliphatic carboxylic acids is 2. The summed E-state index contributed by atoms with van der Waals surface area (Å²) in [4.78, 5) is 21.3. The minimum atomic E-state index is -1.83. The first-order valence-corrected chi connectivity index (χ1v) is 5.92. The average molecular weight is 345 g/mol. The van der Waals surface area contributed by atoms with E-state index in [9.17, 15) is 24.9 Å². The largest absolute Gasteiger partial charge is 0.480 e. The molecule has 13 heteroatoms. The van der Waals surface area contributed by atoms with Crippen LogP contribution in [0.5, 0.6) is 0 Å². The van der Waals surface area contributed by atoms with E-state index in [0.717, 1.165) is 0 Å². The smallest absolute Gasteiger partial charge is 0.348 e. The number of carboxylic acids is 2. The SMILES string of the molecule is N.N.O=C(O)CNC(O[C@H]1O[C@H](CO)[C@H](O)[C@H](O)[C@H]1O)C(=O)O. The van der Waals surface area contributed by atoms with E-state index in [-0.39, 0.29) is 12.3 Å². The van der Waals surface area contributed by atoms with E-state index in [4.69, 9.17) is 24.8 Å². The summed E-state index contributed by atoms with van der Waals surface area (Å²) in [6, 6.07) is 0. The molecule has 1 aliphatic rings. The van der Waals surface area contributed by atoms with Gasteiger partial charge in [0.25, 0.3) is 0 Å². The highest BCUT2D eigenvalue weighted by molar-refractivity contribution is 5.74. The lowest BCUT2D eigenvalue weighted by Gasteiger charge is -2.40. The van der Waals surface area contributed by atoms with E-state index in [1.165, 1.54) is 0 Å². The molecular formula is C10H23N3O10. The van der Waals surface area contributed by atoms with E-state index in [1.54, 1.807) is 0 Å². The molecule has 1 unspecified atom stereocenters. The summed E-state index contributed by atoms with van der Waals surface area (Å²) in [5.74, 6) is -2.91. The fourth-order valence-electron chi connectivity index (χ4n) is 1.69. The van der Waals surface area contributed by atoms with Crippen LogP contribution in [-0.2, 0) is 19.1 Å². The van der Waals surface area contributed by atoms with Crippen molar-refractivity contribution in [3.8, 4) is 0 Å². The first kappa shape index (κ1) is 23.8. The van der Waals surface area contributed by atoms with Gasteiger partial charge in [-0.25, -0.2) is 4.79 Å². The second kappa shape index (κ2) is 10.4. The maximum Gasteiger partial charge on any atom is 0.348 e. The number of carboxylic acid groups (broad SMARTS) is 2. The summed E-state index contributed by atoms with van der Waals surface area (Å²) < 4.78 is 9.77. The quantitative estimate of drug-likeness (QED) is 0.201. The number of nitrogens with one attached hydrogen (secondary N) is 1. The van der Waals surface area contributed by atoms with E-state index >= 15 is 0 Å². The molecule has 0 aliphatic carbocycles. The Morgan fingerprint density at radius 3 is 2.09 bits per heavy atom. The summed E-state index contributed by atoms with van der Waals surface area (Å²) in [5.41, 5.74) is 0. The molecule has 138 valence electrons. The number of aliphatic hydroxyl groups excluding tert-OH is 4. The van der Waals surface area contributed by atoms with Crippen molar-refractivity contribution in [3.05, 3.63) is 0 Å². The normalized spacial score (nSPS) is 31.4. The molecule has 23 heavy (non-hydrogen) atoms. The van der Waals surface area contributed by atoms with Gasteiger partial charge in [-0.2, -0.15) is 0 Å². The molecule has 1 heterocycles. The minimum Gasteiger partial charge on any atom is -0.480 e. The van der Waals surface area contributed by atoms with Crippen molar-refractivity contribution >= 4 is 11.9 Å². The van der Waals surface area contributed by atoms with Gasteiger partial charge in [0, 0.05) is 0 Å². The van der Waals surface area contributed by atoms with Gasteiger partial charge in [0.1, 0.15) is 24.4 Å². The second-order valence-corrected chi connectivity index (χ2v) is 4.33. The van der Waals surface area contributed by atoms with Crippen LogP contribution in [0.1, 0.15) is 0 Å². The average Bonchev–Trinajstić information content (AvgIpc) is 2.42. The zero-order chi connectivity index (χ0) is 16.2. The number of aliphatic hydroxyl groups is 4. The van der Waals surface area contributed by atoms with Crippen LogP contribution in [0, 0.1) is 0 Å². The van der Waals surface area contributed by atoms with Crippen molar-refractivity contribution in [3.63, 3.8) is 0 Å². The Hall–Kier alpha value is -1.42. The molecule has 0 bridgehead atoms. The molecule has 0 radical (unpaired) electrons. The predicted molar refractivity (Wildman–Crippen MR) is 72.0 cm³/mol. The summed E-state index contributed by atoms with van der Waals surface area (Å²) in [6.45, 7) is -1.43. The number of hydrogen-bond donors (Lipinski definition) is 9. The minimum absolute atomic E-state index is 0. The fraction of sp³-hybridized carbons (Fsp3) is 0.800. The third-order valence-electron chi connectivity index (χ3n) is 2.78. The molecular weight excluding hydrogens is 322 g/mol. The summed E-state index contributed by atoms with van der Waals surface area (Å²) in [7, 11) is 0. The molecule has 0 amide bonds. The molecule has 0 aromatic carbocycles. The third kappa shape index (κ3) is 6.30.